The number of hydrazone groups is 1. The van der Waals surface area contributed by atoms with Crippen molar-refractivity contribution in [2.45, 2.75) is 6.42 Å². The highest BCUT2D eigenvalue weighted by atomic mass is 79.9. The highest BCUT2D eigenvalue weighted by Gasteiger charge is 2.59. The lowest BCUT2D eigenvalue weighted by molar-refractivity contribution is -0.140. The lowest BCUT2D eigenvalue weighted by Gasteiger charge is -2.14. The van der Waals surface area contributed by atoms with Crippen molar-refractivity contribution >= 4 is 57.2 Å². The van der Waals surface area contributed by atoms with Gasteiger partial charge in [0, 0.05) is 16.3 Å². The average Bonchev–Trinajstić information content (AvgIpc) is 3.46. The summed E-state index contributed by atoms with van der Waals surface area (Å²) in [6.07, 6.45) is 6.18. The second-order valence-corrected chi connectivity index (χ2v) is 9.68. The molecule has 2 aromatic carbocycles. The molecule has 2 aliphatic carbocycles. The number of halogens is 3. The molecule has 3 amide bonds. The van der Waals surface area contributed by atoms with Crippen LogP contribution in [0.5, 0.6) is 5.75 Å². The Bertz CT molecular complexity index is 1240. The van der Waals surface area contributed by atoms with Gasteiger partial charge in [0.2, 0.25) is 0 Å². The molecule has 1 saturated carbocycles. The molecule has 1 saturated heterocycles. The zero-order valence-corrected chi connectivity index (χ0v) is 19.9. The van der Waals surface area contributed by atoms with Gasteiger partial charge >= 0.3 is 0 Å². The number of allylic oxidation sites excluding steroid dienone is 2. The molecule has 0 aromatic heterocycles. The van der Waals surface area contributed by atoms with E-state index in [2.05, 4.69) is 26.3 Å². The number of hydrogen-bond acceptors (Lipinski definition) is 5. The summed E-state index contributed by atoms with van der Waals surface area (Å²) in [5.41, 5.74) is 0.669. The SMILES string of the molecule is O=C(COc1c(Br)cc(Cl)cc1C=NN1C(=O)[C@@H]2[C@H](C1=O)[C@H]1C=C[C@H]2C1)Nc1cccc(F)c1. The van der Waals surface area contributed by atoms with Crippen molar-refractivity contribution < 1.29 is 23.5 Å². The molecule has 2 aromatic rings. The molecule has 0 spiro atoms. The maximum atomic E-state index is 13.3. The van der Waals surface area contributed by atoms with Gasteiger partial charge in [-0.2, -0.15) is 10.1 Å². The summed E-state index contributed by atoms with van der Waals surface area (Å²) in [6.45, 7) is -0.377. The quantitative estimate of drug-likeness (QED) is 0.331. The Labute approximate surface area is 207 Å². The fourth-order valence-corrected chi connectivity index (χ4v) is 5.80. The van der Waals surface area contributed by atoms with Crippen molar-refractivity contribution in [2.24, 2.45) is 28.8 Å². The van der Waals surface area contributed by atoms with Crippen LogP contribution < -0.4 is 10.1 Å². The van der Waals surface area contributed by atoms with E-state index in [1.54, 1.807) is 18.2 Å². The summed E-state index contributed by atoms with van der Waals surface area (Å²) in [4.78, 5) is 38.0. The molecule has 10 heteroatoms. The van der Waals surface area contributed by atoms with Gasteiger partial charge in [-0.05, 0) is 64.5 Å². The first kappa shape index (κ1) is 22.7. The summed E-state index contributed by atoms with van der Waals surface area (Å²) >= 11 is 9.52. The van der Waals surface area contributed by atoms with Gasteiger partial charge in [-0.1, -0.05) is 29.8 Å². The minimum absolute atomic E-state index is 0.0856. The van der Waals surface area contributed by atoms with Crippen LogP contribution in [-0.2, 0) is 14.4 Å². The average molecular weight is 547 g/mol. The Morgan fingerprint density at radius 2 is 1.91 bits per heavy atom. The van der Waals surface area contributed by atoms with Crippen molar-refractivity contribution in [3.05, 3.63) is 69.4 Å². The number of rotatable bonds is 6. The summed E-state index contributed by atoms with van der Waals surface area (Å²) in [6, 6.07) is 8.62. The highest BCUT2D eigenvalue weighted by molar-refractivity contribution is 9.10. The number of carbonyl (C=O) groups excluding carboxylic acids is 3. The lowest BCUT2D eigenvalue weighted by Crippen LogP contribution is -2.28. The van der Waals surface area contributed by atoms with Gasteiger partial charge in [0.05, 0.1) is 22.5 Å². The fourth-order valence-electron chi connectivity index (χ4n) is 4.85. The summed E-state index contributed by atoms with van der Waals surface area (Å²) in [7, 11) is 0. The molecule has 0 unspecified atom stereocenters. The summed E-state index contributed by atoms with van der Waals surface area (Å²) < 4.78 is 19.5. The van der Waals surface area contributed by atoms with E-state index >= 15 is 0 Å². The molecular formula is C24H18BrClFN3O4. The Hall–Kier alpha value is -3.04. The molecule has 1 aliphatic heterocycles. The van der Waals surface area contributed by atoms with Crippen molar-refractivity contribution in [2.75, 3.05) is 11.9 Å². The third-order valence-electron chi connectivity index (χ3n) is 6.25. The molecule has 5 rings (SSSR count). The van der Waals surface area contributed by atoms with Crippen LogP contribution in [0.2, 0.25) is 5.02 Å². The number of fused-ring (bicyclic) bond motifs is 5. The van der Waals surface area contributed by atoms with E-state index in [0.29, 0.717) is 20.7 Å². The van der Waals surface area contributed by atoms with Gasteiger partial charge in [-0.15, -0.1) is 0 Å². The maximum absolute atomic E-state index is 13.3. The van der Waals surface area contributed by atoms with Crippen LogP contribution in [0.1, 0.15) is 12.0 Å². The standard InChI is InChI=1S/C24H18BrClFN3O4/c25-18-8-15(26)7-14(22(18)34-11-19(31)29-17-3-1-2-16(27)9-17)10-28-30-23(32)20-12-4-5-13(6-12)21(20)24(30)33/h1-5,7-10,12-13,20-21H,6,11H2,(H,29,31)/t12-,13-,20-,21+/m0/s1. The van der Waals surface area contributed by atoms with Gasteiger partial charge < -0.3 is 10.1 Å². The predicted molar refractivity (Wildman–Crippen MR) is 127 cm³/mol. The second-order valence-electron chi connectivity index (χ2n) is 8.39. The third-order valence-corrected chi connectivity index (χ3v) is 7.06. The smallest absolute Gasteiger partial charge is 0.262 e. The number of nitrogens with zero attached hydrogens (tertiary/aromatic N) is 2. The molecule has 2 fully saturated rings. The van der Waals surface area contributed by atoms with Crippen LogP contribution in [0, 0.1) is 29.5 Å². The number of benzene rings is 2. The van der Waals surface area contributed by atoms with Crippen LogP contribution in [0.3, 0.4) is 0 Å². The topological polar surface area (TPSA) is 88.1 Å². The third kappa shape index (κ3) is 4.14. The molecular weight excluding hydrogens is 529 g/mol. The molecule has 3 aliphatic rings. The number of amides is 3. The first-order valence-corrected chi connectivity index (χ1v) is 11.8. The van der Waals surface area contributed by atoms with E-state index in [1.807, 2.05) is 12.2 Å². The Morgan fingerprint density at radius 3 is 2.59 bits per heavy atom. The zero-order chi connectivity index (χ0) is 24.0. The molecule has 1 N–H and O–H groups in total. The van der Waals surface area contributed by atoms with Gasteiger partial charge in [0.25, 0.3) is 17.7 Å². The van der Waals surface area contributed by atoms with Crippen LogP contribution in [0.25, 0.3) is 0 Å². The number of nitrogens with one attached hydrogen (secondary N) is 1. The predicted octanol–water partition coefficient (Wildman–Crippen LogP) is 4.40. The van der Waals surface area contributed by atoms with Gasteiger partial charge in [0.15, 0.2) is 6.61 Å². The van der Waals surface area contributed by atoms with E-state index in [4.69, 9.17) is 16.3 Å². The van der Waals surface area contributed by atoms with Crippen LogP contribution in [-0.4, -0.2) is 35.6 Å². The van der Waals surface area contributed by atoms with E-state index < -0.39 is 11.7 Å². The second kappa shape index (κ2) is 8.96. The van der Waals surface area contributed by atoms with E-state index in [0.717, 1.165) is 11.4 Å². The highest BCUT2D eigenvalue weighted by Crippen LogP contribution is 2.52. The molecule has 2 bridgehead atoms. The number of anilines is 1. The maximum Gasteiger partial charge on any atom is 0.262 e. The molecule has 7 nitrogen and oxygen atoms in total. The zero-order valence-electron chi connectivity index (χ0n) is 17.6. The summed E-state index contributed by atoms with van der Waals surface area (Å²) in [5, 5.41) is 8.00. The molecule has 1 heterocycles. The Morgan fingerprint density at radius 1 is 1.21 bits per heavy atom. The number of hydrogen-bond donors (Lipinski definition) is 1. The first-order chi connectivity index (χ1) is 16.3. The molecule has 0 radical (unpaired) electrons. The van der Waals surface area contributed by atoms with E-state index in [-0.39, 0.29) is 47.8 Å². The van der Waals surface area contributed by atoms with Crippen LogP contribution >= 0.6 is 27.5 Å². The van der Waals surface area contributed by atoms with Crippen molar-refractivity contribution in [1.29, 1.82) is 0 Å². The summed E-state index contributed by atoms with van der Waals surface area (Å²) in [5.74, 6) is -1.87. The van der Waals surface area contributed by atoms with Gasteiger partial charge in [-0.25, -0.2) is 4.39 Å². The minimum Gasteiger partial charge on any atom is -0.482 e. The first-order valence-electron chi connectivity index (χ1n) is 10.6. The number of ether oxygens (including phenoxy) is 1. The van der Waals surface area contributed by atoms with Crippen molar-refractivity contribution in [3.8, 4) is 5.75 Å². The van der Waals surface area contributed by atoms with Crippen LogP contribution in [0.15, 0.2) is 58.1 Å². The van der Waals surface area contributed by atoms with E-state index in [9.17, 15) is 18.8 Å². The largest absolute Gasteiger partial charge is 0.482 e. The molecule has 174 valence electrons. The van der Waals surface area contributed by atoms with Crippen molar-refractivity contribution in [1.82, 2.24) is 5.01 Å². The number of imide groups is 1. The lowest BCUT2D eigenvalue weighted by atomic mass is 9.85. The fraction of sp³-hybridized carbons (Fsp3) is 0.250. The molecule has 4 atom stereocenters. The minimum atomic E-state index is -0.504. The monoisotopic (exact) mass is 545 g/mol. The molecule has 34 heavy (non-hydrogen) atoms. The Kier molecular flexibility index (Phi) is 5.99. The number of carbonyl (C=O) groups is 3. The van der Waals surface area contributed by atoms with Gasteiger partial charge in [-0.3, -0.25) is 14.4 Å². The van der Waals surface area contributed by atoms with Crippen LogP contribution in [0.4, 0.5) is 10.1 Å². The van der Waals surface area contributed by atoms with E-state index in [1.165, 1.54) is 24.4 Å². The van der Waals surface area contributed by atoms with Gasteiger partial charge in [0.1, 0.15) is 11.6 Å². The normalized spacial score (nSPS) is 24.9. The van der Waals surface area contributed by atoms with Crippen molar-refractivity contribution in [3.63, 3.8) is 0 Å². The Balaban J connectivity index is 1.32.